The second-order valence-corrected chi connectivity index (χ2v) is 17.1. The molecule has 20 N–H and O–H groups in total. The third kappa shape index (κ3) is 22.3. The van der Waals surface area contributed by atoms with Crippen LogP contribution in [0, 0.1) is 0 Å². The summed E-state index contributed by atoms with van der Waals surface area (Å²) in [7, 11) is 0. The molecule has 0 saturated heterocycles. The van der Waals surface area contributed by atoms with E-state index in [0.29, 0.717) is 53.1 Å². The summed E-state index contributed by atoms with van der Waals surface area (Å²) in [6.45, 7) is 1.11. The average Bonchev–Trinajstić information content (AvgIpc) is 3.45. The second-order valence-electron chi connectivity index (χ2n) is 17.1. The first kappa shape index (κ1) is 58.1. The van der Waals surface area contributed by atoms with Gasteiger partial charge in [0.1, 0.15) is 70.7 Å². The molecule has 80 heavy (non-hydrogen) atoms. The Balaban J connectivity index is 0.000000162. The average molecular weight is 1080 g/mol. The number of nitrogens with two attached hydrogens (primary N) is 10. The lowest BCUT2D eigenvalue weighted by molar-refractivity contribution is 0.120. The van der Waals surface area contributed by atoms with Crippen LogP contribution in [-0.2, 0) is 0 Å². The van der Waals surface area contributed by atoms with Crippen LogP contribution in [-0.4, -0.2) is 20.0 Å². The van der Waals surface area contributed by atoms with Gasteiger partial charge in [-0.2, -0.15) is 0 Å². The zero-order valence-corrected chi connectivity index (χ0v) is 43.8. The Hall–Kier alpha value is -11.2. The van der Waals surface area contributed by atoms with E-state index >= 15 is 0 Å². The van der Waals surface area contributed by atoms with Gasteiger partial charge >= 0.3 is 0 Å². The maximum atomic E-state index is 5.64. The standard InChI is InChI=1S/C14H16N2O2.C13H14N2O2.3C12H12N2O/c15-11-1-5-13(6-2-11)17-9-10-18-14-7-3-12(16)4-8-14;14-10-1-5-12(6-2-10)16-9-17-13-7-3-11(15)4-8-13;13-9-1-5-11(6-2-9)15-12-7-3-10(14)4-8-12;13-9-3-1-5-11(7-9)15-12-6-2-4-10(14)8-12;13-9-4-6-11(7-5-9)15-12-3-1-2-10(14)8-12/h1-8H,9-10,15-16H2;1-8H,9,14-15H2;3*1-8H,13-14H2. The number of anilines is 10. The summed E-state index contributed by atoms with van der Waals surface area (Å²) < 4.78 is 38.5. The highest BCUT2D eigenvalue weighted by Gasteiger charge is 2.02. The van der Waals surface area contributed by atoms with Gasteiger partial charge in [0.2, 0.25) is 6.79 Å². The monoisotopic (exact) mass is 1070 g/mol. The van der Waals surface area contributed by atoms with Gasteiger partial charge in [0.25, 0.3) is 0 Å². The number of hydrogen-bond donors (Lipinski definition) is 10. The van der Waals surface area contributed by atoms with Crippen LogP contribution >= 0.6 is 0 Å². The summed E-state index contributed by atoms with van der Waals surface area (Å²) in [5, 5.41) is 0. The van der Waals surface area contributed by atoms with Crippen LogP contribution in [0.1, 0.15) is 0 Å². The van der Waals surface area contributed by atoms with Gasteiger partial charge in [-0.05, 0) is 206 Å². The van der Waals surface area contributed by atoms with Gasteiger partial charge in [0.15, 0.2) is 0 Å². The third-order valence-electron chi connectivity index (χ3n) is 10.5. The number of nitrogen functional groups attached to an aromatic ring is 10. The van der Waals surface area contributed by atoms with E-state index in [1.807, 2.05) is 115 Å². The fourth-order valence-corrected chi connectivity index (χ4v) is 6.49. The molecule has 0 heterocycles. The summed E-state index contributed by atoms with van der Waals surface area (Å²) in [6.07, 6.45) is 0. The minimum Gasteiger partial charge on any atom is -0.490 e. The van der Waals surface area contributed by atoms with Crippen molar-refractivity contribution >= 4 is 56.9 Å². The minimum absolute atomic E-state index is 0.147. The predicted octanol–water partition coefficient (Wildman–Crippen LogP) is 12.5. The van der Waals surface area contributed by atoms with Crippen LogP contribution in [0.5, 0.6) is 57.5 Å². The first-order chi connectivity index (χ1) is 38.7. The lowest BCUT2D eigenvalue weighted by atomic mass is 10.3. The maximum absolute atomic E-state index is 5.64. The second kappa shape index (κ2) is 31.0. The molecule has 10 rings (SSSR count). The molecule has 0 aliphatic carbocycles. The molecule has 10 aromatic carbocycles. The highest BCUT2D eigenvalue weighted by molar-refractivity contribution is 5.51. The molecule has 0 spiro atoms. The van der Waals surface area contributed by atoms with Crippen molar-refractivity contribution in [2.24, 2.45) is 0 Å². The van der Waals surface area contributed by atoms with Crippen LogP contribution in [0.3, 0.4) is 0 Å². The van der Waals surface area contributed by atoms with E-state index in [4.69, 9.17) is 90.5 Å². The highest BCUT2D eigenvalue weighted by Crippen LogP contribution is 2.27. The van der Waals surface area contributed by atoms with Gasteiger partial charge < -0.3 is 90.5 Å². The highest BCUT2D eigenvalue weighted by atomic mass is 16.7. The normalized spacial score (nSPS) is 9.90. The first-order valence-corrected chi connectivity index (χ1v) is 24.8. The molecule has 0 amide bonds. The molecule has 17 heteroatoms. The van der Waals surface area contributed by atoms with Crippen molar-refractivity contribution in [2.75, 3.05) is 77.3 Å². The van der Waals surface area contributed by atoms with Crippen molar-refractivity contribution in [3.63, 3.8) is 0 Å². The molecule has 0 saturated carbocycles. The molecule has 0 bridgehead atoms. The largest absolute Gasteiger partial charge is 0.490 e. The Kier molecular flexibility index (Phi) is 22.5. The summed E-state index contributed by atoms with van der Waals surface area (Å²) >= 11 is 0. The third-order valence-corrected chi connectivity index (χ3v) is 10.5. The lowest BCUT2D eigenvalue weighted by Gasteiger charge is -2.08. The SMILES string of the molecule is Nc1ccc(OCCOc2ccc(N)cc2)cc1.Nc1ccc(OCOc2ccc(N)cc2)cc1.Nc1ccc(Oc2ccc(N)cc2)cc1.Nc1ccc(Oc2cccc(N)c2)cc1.Nc1cccc(Oc2cccc(N)c2)c1. The summed E-state index contributed by atoms with van der Waals surface area (Å²) in [6, 6.07) is 72.4. The van der Waals surface area contributed by atoms with E-state index in [0.717, 1.165) is 74.4 Å². The fourth-order valence-electron chi connectivity index (χ4n) is 6.49. The molecule has 0 fully saturated rings. The van der Waals surface area contributed by atoms with E-state index in [2.05, 4.69) is 0 Å². The molecule has 410 valence electrons. The Morgan fingerprint density at radius 3 is 0.625 bits per heavy atom. The molecule has 0 aliphatic rings. The molecular weight excluding hydrogens is 1010 g/mol. The summed E-state index contributed by atoms with van der Waals surface area (Å²) in [5.74, 6) is 7.40. The van der Waals surface area contributed by atoms with Crippen molar-refractivity contribution in [3.8, 4) is 57.5 Å². The zero-order valence-electron chi connectivity index (χ0n) is 43.8. The van der Waals surface area contributed by atoms with Crippen molar-refractivity contribution in [1.82, 2.24) is 0 Å². The van der Waals surface area contributed by atoms with E-state index in [-0.39, 0.29) is 6.79 Å². The smallest absolute Gasteiger partial charge is 0.230 e. The Labute approximate surface area is 465 Å². The fraction of sp³-hybridized carbons (Fsp3) is 0.0476. The van der Waals surface area contributed by atoms with Crippen molar-refractivity contribution in [1.29, 1.82) is 0 Å². The van der Waals surface area contributed by atoms with Gasteiger partial charge in [-0.15, -0.1) is 0 Å². The van der Waals surface area contributed by atoms with Gasteiger partial charge in [0, 0.05) is 75.1 Å². The molecule has 0 aromatic heterocycles. The van der Waals surface area contributed by atoms with Crippen molar-refractivity contribution < 1.29 is 33.2 Å². The lowest BCUT2D eigenvalue weighted by Crippen LogP contribution is -2.08. The van der Waals surface area contributed by atoms with Gasteiger partial charge in [0.05, 0.1) is 0 Å². The van der Waals surface area contributed by atoms with Crippen LogP contribution in [0.15, 0.2) is 243 Å². The zero-order chi connectivity index (χ0) is 56.9. The molecule has 0 radical (unpaired) electrons. The van der Waals surface area contributed by atoms with E-state index in [1.54, 1.807) is 127 Å². The topological polar surface area (TPSA) is 325 Å². The number of benzene rings is 10. The Bertz CT molecular complexity index is 3180. The van der Waals surface area contributed by atoms with Crippen LogP contribution in [0.2, 0.25) is 0 Å². The number of ether oxygens (including phenoxy) is 7. The van der Waals surface area contributed by atoms with E-state index in [1.165, 1.54) is 0 Å². The summed E-state index contributed by atoms with van der Waals surface area (Å²) in [4.78, 5) is 0. The Morgan fingerprint density at radius 1 is 0.188 bits per heavy atom. The predicted molar refractivity (Wildman–Crippen MR) is 326 cm³/mol. The van der Waals surface area contributed by atoms with Gasteiger partial charge in [-0.25, -0.2) is 0 Å². The Morgan fingerprint density at radius 2 is 0.388 bits per heavy atom. The van der Waals surface area contributed by atoms with Crippen LogP contribution < -0.4 is 90.5 Å². The number of rotatable bonds is 15. The first-order valence-electron chi connectivity index (χ1n) is 24.8. The molecule has 10 aromatic rings. The number of hydrogen-bond acceptors (Lipinski definition) is 17. The maximum Gasteiger partial charge on any atom is 0.230 e. The van der Waals surface area contributed by atoms with Crippen LogP contribution in [0.25, 0.3) is 0 Å². The van der Waals surface area contributed by atoms with E-state index < -0.39 is 0 Å². The van der Waals surface area contributed by atoms with Crippen molar-refractivity contribution in [2.45, 2.75) is 0 Å². The summed E-state index contributed by atoms with van der Waals surface area (Å²) in [5.41, 5.74) is 63.0. The molecule has 0 aliphatic heterocycles. The molecule has 0 atom stereocenters. The molecule has 17 nitrogen and oxygen atoms in total. The molecule has 0 unspecified atom stereocenters. The quantitative estimate of drug-likeness (QED) is 0.0259. The van der Waals surface area contributed by atoms with Gasteiger partial charge in [-0.3, -0.25) is 0 Å². The van der Waals surface area contributed by atoms with Crippen LogP contribution in [0.4, 0.5) is 56.9 Å². The van der Waals surface area contributed by atoms with Gasteiger partial charge in [-0.1, -0.05) is 18.2 Å². The molecular formula is C63H66N10O7. The van der Waals surface area contributed by atoms with Crippen molar-refractivity contribution in [3.05, 3.63) is 243 Å². The van der Waals surface area contributed by atoms with E-state index in [9.17, 15) is 0 Å². The minimum atomic E-state index is 0.147.